The molecule has 1 amide bonds. The number of nitrogens with zero attached hydrogens (tertiary/aromatic N) is 1. The lowest BCUT2D eigenvalue weighted by Gasteiger charge is -2.08. The van der Waals surface area contributed by atoms with Gasteiger partial charge in [-0.3, -0.25) is 10.6 Å². The number of nitrogens with two attached hydrogens (primary N) is 1. The second-order valence-electron chi connectivity index (χ2n) is 6.55. The predicted molar refractivity (Wildman–Crippen MR) is 114 cm³/mol. The molecule has 2 aromatic carbocycles. The van der Waals surface area contributed by atoms with Crippen molar-refractivity contribution in [3.05, 3.63) is 86.9 Å². The van der Waals surface area contributed by atoms with E-state index in [1.165, 1.54) is 11.3 Å². The minimum atomic E-state index is -0.374. The van der Waals surface area contributed by atoms with Crippen LogP contribution in [0, 0.1) is 6.92 Å². The molecule has 0 aliphatic carbocycles. The zero-order valence-corrected chi connectivity index (χ0v) is 16.4. The number of hydrazine groups is 1. The molecule has 2 heterocycles. The standard InChI is InChI=1S/C21H18N4O3S/c1-12-11-29-20-18(12)21(27)28-17(24-20)9-13-4-2-6-15(8-13)23-19(26)14-5-3-7-16(10-14)25-22/h2-8,10-11,25H,9,22H2,1H3,(H,23,26). The van der Waals surface area contributed by atoms with E-state index in [1.807, 2.05) is 30.5 Å². The number of amides is 1. The number of hydrogen-bond donors (Lipinski definition) is 3. The molecule has 4 aromatic rings. The molecule has 29 heavy (non-hydrogen) atoms. The van der Waals surface area contributed by atoms with Crippen LogP contribution in [0.1, 0.15) is 27.4 Å². The number of nitrogens with one attached hydrogen (secondary N) is 2. The van der Waals surface area contributed by atoms with Crippen LogP contribution in [0.25, 0.3) is 10.2 Å². The molecule has 4 rings (SSSR count). The lowest BCUT2D eigenvalue weighted by atomic mass is 10.1. The summed E-state index contributed by atoms with van der Waals surface area (Å²) in [7, 11) is 0. The van der Waals surface area contributed by atoms with Crippen molar-refractivity contribution in [1.82, 2.24) is 4.98 Å². The quantitative estimate of drug-likeness (QED) is 0.344. The lowest BCUT2D eigenvalue weighted by Crippen LogP contribution is -2.13. The Kier molecular flexibility index (Phi) is 5.11. The van der Waals surface area contributed by atoms with Crippen molar-refractivity contribution < 1.29 is 9.21 Å². The van der Waals surface area contributed by atoms with Gasteiger partial charge in [0, 0.05) is 23.4 Å². The molecule has 146 valence electrons. The van der Waals surface area contributed by atoms with Crippen LogP contribution >= 0.6 is 11.3 Å². The molecule has 0 bridgehead atoms. The van der Waals surface area contributed by atoms with Crippen LogP contribution in [0.15, 0.2) is 63.1 Å². The number of rotatable bonds is 5. The highest BCUT2D eigenvalue weighted by Gasteiger charge is 2.12. The number of carbonyl (C=O) groups excluding carboxylic acids is 1. The van der Waals surface area contributed by atoms with Crippen molar-refractivity contribution in [3.63, 3.8) is 0 Å². The van der Waals surface area contributed by atoms with Gasteiger partial charge in [-0.05, 0) is 53.8 Å². The van der Waals surface area contributed by atoms with Crippen LogP contribution < -0.4 is 22.2 Å². The number of thiophene rings is 1. The fraction of sp³-hybridized carbons (Fsp3) is 0.0952. The van der Waals surface area contributed by atoms with Crippen molar-refractivity contribution in [3.8, 4) is 0 Å². The summed E-state index contributed by atoms with van der Waals surface area (Å²) >= 11 is 1.42. The van der Waals surface area contributed by atoms with Gasteiger partial charge in [-0.25, -0.2) is 9.78 Å². The van der Waals surface area contributed by atoms with Crippen LogP contribution in [-0.4, -0.2) is 10.9 Å². The van der Waals surface area contributed by atoms with E-state index in [-0.39, 0.29) is 11.5 Å². The van der Waals surface area contributed by atoms with E-state index in [9.17, 15) is 9.59 Å². The molecule has 0 saturated carbocycles. The average Bonchev–Trinajstić information content (AvgIpc) is 3.09. The Morgan fingerprint density at radius 1 is 1.17 bits per heavy atom. The zero-order chi connectivity index (χ0) is 20.4. The summed E-state index contributed by atoms with van der Waals surface area (Å²) in [6.07, 6.45) is 0.346. The first-order chi connectivity index (χ1) is 14.0. The van der Waals surface area contributed by atoms with Gasteiger partial charge in [-0.1, -0.05) is 18.2 Å². The van der Waals surface area contributed by atoms with Crippen molar-refractivity contribution in [2.75, 3.05) is 10.7 Å². The molecular weight excluding hydrogens is 388 g/mol. The Labute approximate surface area is 170 Å². The Balaban J connectivity index is 1.54. The Morgan fingerprint density at radius 3 is 2.79 bits per heavy atom. The Hall–Kier alpha value is -3.49. The summed E-state index contributed by atoms with van der Waals surface area (Å²) in [5, 5.41) is 5.29. The molecule has 0 aliphatic rings. The van der Waals surface area contributed by atoms with E-state index in [0.29, 0.717) is 39.5 Å². The van der Waals surface area contributed by atoms with Gasteiger partial charge in [0.15, 0.2) is 0 Å². The molecule has 4 N–H and O–H groups in total. The summed E-state index contributed by atoms with van der Waals surface area (Å²) < 4.78 is 5.38. The molecule has 2 aromatic heterocycles. The Morgan fingerprint density at radius 2 is 1.97 bits per heavy atom. The number of nitrogen functional groups attached to an aromatic ring is 1. The summed E-state index contributed by atoms with van der Waals surface area (Å²) in [6, 6.07) is 14.2. The summed E-state index contributed by atoms with van der Waals surface area (Å²) in [4.78, 5) is 29.8. The zero-order valence-electron chi connectivity index (χ0n) is 15.6. The maximum absolute atomic E-state index is 12.5. The fourth-order valence-electron chi connectivity index (χ4n) is 3.02. The smallest absolute Gasteiger partial charge is 0.348 e. The van der Waals surface area contributed by atoms with Gasteiger partial charge in [0.25, 0.3) is 5.91 Å². The normalized spacial score (nSPS) is 10.8. The second-order valence-corrected chi connectivity index (χ2v) is 7.41. The average molecular weight is 406 g/mol. The predicted octanol–water partition coefficient (Wildman–Crippen LogP) is 3.69. The first-order valence-electron chi connectivity index (χ1n) is 8.88. The van der Waals surface area contributed by atoms with Crippen molar-refractivity contribution in [2.24, 2.45) is 5.84 Å². The molecule has 7 nitrogen and oxygen atoms in total. The van der Waals surface area contributed by atoms with Gasteiger partial charge < -0.3 is 15.2 Å². The van der Waals surface area contributed by atoms with Gasteiger partial charge in [0.05, 0.1) is 5.39 Å². The summed E-state index contributed by atoms with van der Waals surface area (Å²) in [6.45, 7) is 1.86. The lowest BCUT2D eigenvalue weighted by molar-refractivity contribution is 0.102. The third-order valence-electron chi connectivity index (χ3n) is 4.43. The highest BCUT2D eigenvalue weighted by Crippen LogP contribution is 2.22. The molecule has 0 spiro atoms. The minimum absolute atomic E-state index is 0.251. The van der Waals surface area contributed by atoms with Crippen LogP contribution in [0.3, 0.4) is 0 Å². The number of hydrogen-bond acceptors (Lipinski definition) is 7. The topological polar surface area (TPSA) is 110 Å². The van der Waals surface area contributed by atoms with Gasteiger partial charge in [0.2, 0.25) is 5.89 Å². The number of benzene rings is 2. The van der Waals surface area contributed by atoms with Crippen molar-refractivity contribution >= 4 is 38.8 Å². The van der Waals surface area contributed by atoms with Gasteiger partial charge in [-0.2, -0.15) is 0 Å². The van der Waals surface area contributed by atoms with Gasteiger partial charge in [0.1, 0.15) is 4.83 Å². The van der Waals surface area contributed by atoms with Crippen LogP contribution in [-0.2, 0) is 6.42 Å². The molecule has 0 aliphatic heterocycles. The minimum Gasteiger partial charge on any atom is -0.407 e. The maximum atomic E-state index is 12.5. The summed E-state index contributed by atoms with van der Waals surface area (Å²) in [5.74, 6) is 5.48. The molecular formula is C21H18N4O3S. The van der Waals surface area contributed by atoms with Gasteiger partial charge in [-0.15, -0.1) is 11.3 Å². The fourth-order valence-corrected chi connectivity index (χ4v) is 3.94. The summed E-state index contributed by atoms with van der Waals surface area (Å²) in [5.41, 5.74) is 5.64. The van der Waals surface area contributed by atoms with E-state index < -0.39 is 0 Å². The van der Waals surface area contributed by atoms with E-state index in [2.05, 4.69) is 15.7 Å². The van der Waals surface area contributed by atoms with E-state index in [0.717, 1.165) is 11.1 Å². The number of aromatic nitrogens is 1. The van der Waals surface area contributed by atoms with Crippen LogP contribution in [0.5, 0.6) is 0 Å². The third-order valence-corrected chi connectivity index (χ3v) is 5.42. The molecule has 8 heteroatoms. The number of aryl methyl sites for hydroxylation is 1. The molecule has 0 fully saturated rings. The van der Waals surface area contributed by atoms with Crippen LogP contribution in [0.2, 0.25) is 0 Å². The van der Waals surface area contributed by atoms with Crippen molar-refractivity contribution in [1.29, 1.82) is 0 Å². The first kappa shape index (κ1) is 18.9. The number of carbonyl (C=O) groups is 1. The second kappa shape index (κ2) is 7.86. The Bertz CT molecular complexity index is 1260. The molecule has 0 unspecified atom stereocenters. The SMILES string of the molecule is Cc1csc2nc(Cc3cccc(NC(=O)c4cccc(NN)c4)c3)oc(=O)c12. The molecule has 0 saturated heterocycles. The van der Waals surface area contributed by atoms with Gasteiger partial charge >= 0.3 is 5.63 Å². The molecule has 0 radical (unpaired) electrons. The highest BCUT2D eigenvalue weighted by molar-refractivity contribution is 7.16. The largest absolute Gasteiger partial charge is 0.407 e. The van der Waals surface area contributed by atoms with E-state index >= 15 is 0 Å². The maximum Gasteiger partial charge on any atom is 0.348 e. The first-order valence-corrected chi connectivity index (χ1v) is 9.76. The van der Waals surface area contributed by atoms with Crippen LogP contribution in [0.4, 0.5) is 11.4 Å². The monoisotopic (exact) mass is 406 g/mol. The number of anilines is 2. The van der Waals surface area contributed by atoms with E-state index in [4.69, 9.17) is 10.3 Å². The highest BCUT2D eigenvalue weighted by atomic mass is 32.1. The molecule has 0 atom stereocenters. The third kappa shape index (κ3) is 4.03. The van der Waals surface area contributed by atoms with E-state index in [1.54, 1.807) is 30.3 Å². The number of fused-ring (bicyclic) bond motifs is 1. The van der Waals surface area contributed by atoms with Crippen molar-refractivity contribution in [2.45, 2.75) is 13.3 Å².